The van der Waals surface area contributed by atoms with Crippen LogP contribution in [0.4, 0.5) is 5.69 Å². The second-order valence-electron chi connectivity index (χ2n) is 7.61. The first kappa shape index (κ1) is 20.8. The summed E-state index contributed by atoms with van der Waals surface area (Å²) in [4.78, 5) is 12.6. The molecule has 156 valence electrons. The second kappa shape index (κ2) is 8.37. The van der Waals surface area contributed by atoms with Gasteiger partial charge in [-0.15, -0.1) is 0 Å². The van der Waals surface area contributed by atoms with Crippen molar-refractivity contribution in [1.29, 1.82) is 0 Å². The molecule has 0 aliphatic heterocycles. The lowest BCUT2D eigenvalue weighted by Gasteiger charge is -2.14. The van der Waals surface area contributed by atoms with E-state index in [2.05, 4.69) is 11.4 Å². The van der Waals surface area contributed by atoms with Gasteiger partial charge in [0, 0.05) is 39.6 Å². The fourth-order valence-corrected chi connectivity index (χ4v) is 4.47. The topological polar surface area (TPSA) is 51.5 Å². The monoisotopic (exact) mass is 443 g/mol. The summed E-state index contributed by atoms with van der Waals surface area (Å²) in [5.74, 6) is 1.51. The van der Waals surface area contributed by atoms with Gasteiger partial charge in [0.2, 0.25) is 5.91 Å². The highest BCUT2D eigenvalue weighted by Crippen LogP contribution is 2.41. The molecule has 1 heterocycles. The quantitative estimate of drug-likeness (QED) is 0.442. The van der Waals surface area contributed by atoms with Gasteiger partial charge < -0.3 is 14.5 Å². The lowest BCUT2D eigenvalue weighted by molar-refractivity contribution is -0.111. The van der Waals surface area contributed by atoms with Crippen LogP contribution in [0.2, 0.25) is 10.0 Å². The highest BCUT2D eigenvalue weighted by Gasteiger charge is 2.23. The summed E-state index contributed by atoms with van der Waals surface area (Å²) < 4.78 is 11.9. The number of allylic oxidation sites excluding steroid dienone is 1. The van der Waals surface area contributed by atoms with E-state index in [1.807, 2.05) is 13.8 Å². The van der Waals surface area contributed by atoms with Gasteiger partial charge in [-0.2, -0.15) is 0 Å². The minimum Gasteiger partial charge on any atom is -0.496 e. The third-order valence-electron chi connectivity index (χ3n) is 5.59. The number of methoxy groups -OCH3 is 1. The van der Waals surface area contributed by atoms with E-state index in [0.29, 0.717) is 15.7 Å². The number of furan rings is 1. The summed E-state index contributed by atoms with van der Waals surface area (Å²) in [6.45, 7) is 3.90. The van der Waals surface area contributed by atoms with Crippen molar-refractivity contribution in [2.45, 2.75) is 39.5 Å². The first-order chi connectivity index (χ1) is 14.4. The lowest BCUT2D eigenvalue weighted by atomic mass is 9.93. The number of halogens is 2. The Morgan fingerprint density at radius 3 is 2.73 bits per heavy atom. The molecule has 3 aromatic rings. The molecular weight excluding hydrogens is 421 g/mol. The molecule has 0 fully saturated rings. The number of hydrogen-bond donors (Lipinski definition) is 1. The average molecular weight is 444 g/mol. The summed E-state index contributed by atoms with van der Waals surface area (Å²) in [5, 5.41) is 4.84. The van der Waals surface area contributed by atoms with Crippen molar-refractivity contribution in [3.63, 3.8) is 0 Å². The summed E-state index contributed by atoms with van der Waals surface area (Å²) in [5.41, 5.74) is 5.25. The number of carbonyl (C=O) groups excluding carboxylic acids is 1. The molecular formula is C24H23Cl2NO3. The maximum Gasteiger partial charge on any atom is 0.248 e. The van der Waals surface area contributed by atoms with Crippen LogP contribution in [0.1, 0.15) is 42.2 Å². The molecule has 4 rings (SSSR count). The number of hydrogen-bond acceptors (Lipinski definition) is 3. The normalized spacial score (nSPS) is 14.0. The molecule has 0 spiro atoms. The van der Waals surface area contributed by atoms with Gasteiger partial charge in [0.1, 0.15) is 17.1 Å². The summed E-state index contributed by atoms with van der Waals surface area (Å²) in [6, 6.07) is 7.04. The summed E-state index contributed by atoms with van der Waals surface area (Å²) in [6.07, 6.45) is 5.86. The standard InChI is InChI=1S/C24H23Cl2NO3/c1-13(10-22(28)27-20-11-15(25)8-9-19(20)26)17-12-18-16-6-4-5-7-21(16)30-24(18)14(2)23(17)29-3/h8-12H,4-7H2,1-3H3,(H,27,28)/b13-10+. The zero-order valence-electron chi connectivity index (χ0n) is 17.2. The van der Waals surface area contributed by atoms with Gasteiger partial charge >= 0.3 is 0 Å². The maximum absolute atomic E-state index is 12.6. The number of anilines is 1. The van der Waals surface area contributed by atoms with Gasteiger partial charge in [0.25, 0.3) is 0 Å². The number of amides is 1. The Kier molecular flexibility index (Phi) is 5.81. The molecule has 0 radical (unpaired) electrons. The first-order valence-corrected chi connectivity index (χ1v) is 10.7. The predicted molar refractivity (Wildman–Crippen MR) is 123 cm³/mol. The molecule has 1 amide bonds. The van der Waals surface area contributed by atoms with Crippen molar-refractivity contribution < 1.29 is 13.9 Å². The fraction of sp³-hybridized carbons (Fsp3) is 0.292. The second-order valence-corrected chi connectivity index (χ2v) is 8.45. The van der Waals surface area contributed by atoms with E-state index >= 15 is 0 Å². The van der Waals surface area contributed by atoms with Crippen molar-refractivity contribution in [3.8, 4) is 5.75 Å². The third-order valence-corrected chi connectivity index (χ3v) is 6.15. The van der Waals surface area contributed by atoms with Crippen LogP contribution in [-0.4, -0.2) is 13.0 Å². The van der Waals surface area contributed by atoms with E-state index < -0.39 is 0 Å². The Hall–Kier alpha value is -2.43. The molecule has 6 heteroatoms. The van der Waals surface area contributed by atoms with Gasteiger partial charge in [-0.1, -0.05) is 23.2 Å². The van der Waals surface area contributed by atoms with Crippen LogP contribution < -0.4 is 10.1 Å². The lowest BCUT2D eigenvalue weighted by Crippen LogP contribution is -2.09. The van der Waals surface area contributed by atoms with E-state index in [4.69, 9.17) is 32.4 Å². The zero-order chi connectivity index (χ0) is 21.4. The predicted octanol–water partition coefficient (Wildman–Crippen LogP) is 6.98. The fourth-order valence-electron chi connectivity index (χ4n) is 4.13. The van der Waals surface area contributed by atoms with E-state index in [-0.39, 0.29) is 5.91 Å². The average Bonchev–Trinajstić information content (AvgIpc) is 3.09. The molecule has 2 aromatic carbocycles. The van der Waals surface area contributed by atoms with Crippen LogP contribution in [0.25, 0.3) is 16.5 Å². The zero-order valence-corrected chi connectivity index (χ0v) is 18.7. The number of benzene rings is 2. The minimum atomic E-state index is -0.286. The Morgan fingerprint density at radius 2 is 1.97 bits per heavy atom. The highest BCUT2D eigenvalue weighted by molar-refractivity contribution is 6.35. The van der Waals surface area contributed by atoms with Gasteiger partial charge in [0.15, 0.2) is 0 Å². The number of nitrogens with one attached hydrogen (secondary N) is 1. The molecule has 4 nitrogen and oxygen atoms in total. The highest BCUT2D eigenvalue weighted by atomic mass is 35.5. The molecule has 0 bridgehead atoms. The van der Waals surface area contributed by atoms with Crippen molar-refractivity contribution in [2.75, 3.05) is 12.4 Å². The molecule has 1 aliphatic carbocycles. The molecule has 1 aromatic heterocycles. The molecule has 0 saturated carbocycles. The van der Waals surface area contributed by atoms with Crippen molar-refractivity contribution in [1.82, 2.24) is 0 Å². The maximum atomic E-state index is 12.6. The van der Waals surface area contributed by atoms with Crippen molar-refractivity contribution in [2.24, 2.45) is 0 Å². The number of fused-ring (bicyclic) bond motifs is 3. The number of carbonyl (C=O) groups is 1. The van der Waals surface area contributed by atoms with E-state index in [0.717, 1.165) is 58.4 Å². The van der Waals surface area contributed by atoms with E-state index in [9.17, 15) is 4.79 Å². The van der Waals surface area contributed by atoms with Crippen LogP contribution >= 0.6 is 23.2 Å². The molecule has 30 heavy (non-hydrogen) atoms. The molecule has 0 atom stereocenters. The van der Waals surface area contributed by atoms with Gasteiger partial charge in [-0.25, -0.2) is 0 Å². The Balaban J connectivity index is 1.73. The summed E-state index contributed by atoms with van der Waals surface area (Å²) >= 11 is 12.2. The minimum absolute atomic E-state index is 0.286. The van der Waals surface area contributed by atoms with Crippen LogP contribution in [0, 0.1) is 6.92 Å². The number of aryl methyl sites for hydroxylation is 3. The molecule has 0 unspecified atom stereocenters. The first-order valence-electron chi connectivity index (χ1n) is 9.95. The Labute approximate surface area is 185 Å². The van der Waals surface area contributed by atoms with Gasteiger partial charge in [-0.3, -0.25) is 4.79 Å². The number of ether oxygens (including phenoxy) is 1. The van der Waals surface area contributed by atoms with Crippen LogP contribution in [-0.2, 0) is 17.6 Å². The van der Waals surface area contributed by atoms with Crippen LogP contribution in [0.15, 0.2) is 34.8 Å². The van der Waals surface area contributed by atoms with Gasteiger partial charge in [0.05, 0.1) is 17.8 Å². The SMILES string of the molecule is COc1c(/C(C)=C/C(=O)Nc2cc(Cl)ccc2Cl)cc2c3c(oc2c1C)CCCC3. The largest absolute Gasteiger partial charge is 0.496 e. The van der Waals surface area contributed by atoms with Crippen LogP contribution in [0.5, 0.6) is 5.75 Å². The van der Waals surface area contributed by atoms with Crippen LogP contribution in [0.3, 0.4) is 0 Å². The third kappa shape index (κ3) is 3.82. The Bertz CT molecular complexity index is 1180. The van der Waals surface area contributed by atoms with Crippen molar-refractivity contribution in [3.05, 3.63) is 62.8 Å². The molecule has 1 N–H and O–H groups in total. The number of rotatable bonds is 4. The molecule has 0 saturated heterocycles. The molecule has 1 aliphatic rings. The van der Waals surface area contributed by atoms with E-state index in [1.165, 1.54) is 12.0 Å². The van der Waals surface area contributed by atoms with Crippen molar-refractivity contribution >= 4 is 51.3 Å². The smallest absolute Gasteiger partial charge is 0.248 e. The summed E-state index contributed by atoms with van der Waals surface area (Å²) in [7, 11) is 1.64. The van der Waals surface area contributed by atoms with E-state index in [1.54, 1.807) is 31.4 Å². The van der Waals surface area contributed by atoms with Gasteiger partial charge in [-0.05, 0) is 62.9 Å². The Morgan fingerprint density at radius 1 is 1.20 bits per heavy atom.